The summed E-state index contributed by atoms with van der Waals surface area (Å²) in [6.45, 7) is 9.06. The third-order valence-corrected chi connectivity index (χ3v) is 4.48. The van der Waals surface area contributed by atoms with Crippen molar-refractivity contribution in [1.29, 1.82) is 0 Å². The van der Waals surface area contributed by atoms with Crippen LogP contribution in [0.4, 0.5) is 0 Å². The van der Waals surface area contributed by atoms with Crippen molar-refractivity contribution in [3.8, 4) is 0 Å². The van der Waals surface area contributed by atoms with Crippen LogP contribution in [-0.2, 0) is 5.41 Å². The van der Waals surface area contributed by atoms with Crippen molar-refractivity contribution in [3.05, 3.63) is 34.3 Å². The van der Waals surface area contributed by atoms with Gasteiger partial charge in [0.15, 0.2) is 0 Å². The first-order valence-corrected chi connectivity index (χ1v) is 7.24. The molecule has 0 radical (unpaired) electrons. The number of halogens is 1. The number of likely N-dealkylation sites (N-methyl/N-ethyl adjacent to an activating group) is 1. The summed E-state index contributed by atoms with van der Waals surface area (Å²) in [4.78, 5) is 0. The highest BCUT2D eigenvalue weighted by molar-refractivity contribution is 9.10. The monoisotopic (exact) mass is 295 g/mol. The Bertz CT molecular complexity index is 390. The molecule has 0 unspecified atom stereocenters. The van der Waals surface area contributed by atoms with Crippen LogP contribution < -0.4 is 5.32 Å². The van der Waals surface area contributed by atoms with E-state index in [1.807, 2.05) is 0 Å². The third-order valence-electron chi connectivity index (χ3n) is 3.79. The van der Waals surface area contributed by atoms with Gasteiger partial charge in [-0.2, -0.15) is 0 Å². The van der Waals surface area contributed by atoms with E-state index in [1.54, 1.807) is 0 Å². The molecule has 0 atom stereocenters. The maximum absolute atomic E-state index is 3.71. The van der Waals surface area contributed by atoms with Crippen molar-refractivity contribution in [3.63, 3.8) is 0 Å². The molecule has 0 aliphatic heterocycles. The normalized spacial score (nSPS) is 20.9. The summed E-state index contributed by atoms with van der Waals surface area (Å²) in [7, 11) is 0. The predicted molar refractivity (Wildman–Crippen MR) is 77.4 cm³/mol. The Morgan fingerprint density at radius 2 is 1.88 bits per heavy atom. The van der Waals surface area contributed by atoms with Crippen molar-refractivity contribution in [2.75, 3.05) is 13.1 Å². The lowest BCUT2D eigenvalue weighted by Gasteiger charge is -2.54. The number of benzene rings is 1. The zero-order valence-electron chi connectivity index (χ0n) is 11.0. The molecule has 1 saturated carbocycles. The summed E-state index contributed by atoms with van der Waals surface area (Å²) < 4.78 is 1.26. The van der Waals surface area contributed by atoms with Crippen LogP contribution in [0.5, 0.6) is 0 Å². The van der Waals surface area contributed by atoms with Gasteiger partial charge < -0.3 is 5.32 Å². The maximum atomic E-state index is 3.71. The number of nitrogens with one attached hydrogen (secondary N) is 1. The first-order valence-electron chi connectivity index (χ1n) is 6.45. The molecule has 0 spiro atoms. The van der Waals surface area contributed by atoms with Gasteiger partial charge >= 0.3 is 0 Å². The Labute approximate surface area is 113 Å². The van der Waals surface area contributed by atoms with Gasteiger partial charge in [0.25, 0.3) is 0 Å². The highest BCUT2D eigenvalue weighted by Gasteiger charge is 2.50. The predicted octanol–water partition coefficient (Wildman–Crippen LogP) is 4.12. The Morgan fingerprint density at radius 3 is 2.41 bits per heavy atom. The summed E-state index contributed by atoms with van der Waals surface area (Å²) in [6.07, 6.45) is 2.55. The van der Waals surface area contributed by atoms with E-state index in [-0.39, 0.29) is 0 Å². The van der Waals surface area contributed by atoms with Gasteiger partial charge in [0, 0.05) is 16.4 Å². The zero-order valence-corrected chi connectivity index (χ0v) is 12.6. The molecule has 1 aromatic carbocycles. The molecule has 1 N–H and O–H groups in total. The first-order chi connectivity index (χ1) is 7.99. The van der Waals surface area contributed by atoms with Crippen LogP contribution in [0.25, 0.3) is 0 Å². The third kappa shape index (κ3) is 2.58. The number of hydrogen-bond donors (Lipinski definition) is 1. The van der Waals surface area contributed by atoms with Crippen molar-refractivity contribution >= 4 is 15.9 Å². The van der Waals surface area contributed by atoms with E-state index >= 15 is 0 Å². The Morgan fingerprint density at radius 1 is 1.24 bits per heavy atom. The standard InChI is InChI=1S/C15H22BrN/c1-4-17-11-15(9-14(2,3)10-15)12-7-5-6-8-13(12)16/h5-8,17H,4,9-11H2,1-3H3. The molecule has 1 nitrogen and oxygen atoms in total. The fourth-order valence-corrected chi connectivity index (χ4v) is 4.15. The average molecular weight is 296 g/mol. The van der Waals surface area contributed by atoms with Crippen LogP contribution in [0.1, 0.15) is 39.2 Å². The maximum Gasteiger partial charge on any atom is 0.0213 e. The summed E-state index contributed by atoms with van der Waals surface area (Å²) in [5.41, 5.74) is 2.30. The van der Waals surface area contributed by atoms with Crippen LogP contribution in [-0.4, -0.2) is 13.1 Å². The summed E-state index contributed by atoms with van der Waals surface area (Å²) in [5.74, 6) is 0. The molecule has 0 amide bonds. The lowest BCUT2D eigenvalue weighted by molar-refractivity contribution is 0.0562. The van der Waals surface area contributed by atoms with E-state index < -0.39 is 0 Å². The number of rotatable bonds is 4. The molecule has 94 valence electrons. The Kier molecular flexibility index (Phi) is 3.65. The van der Waals surface area contributed by atoms with E-state index in [0.29, 0.717) is 10.8 Å². The molecule has 0 aromatic heterocycles. The van der Waals surface area contributed by atoms with Gasteiger partial charge in [0.1, 0.15) is 0 Å². The molecule has 2 heteroatoms. The van der Waals surface area contributed by atoms with Gasteiger partial charge in [0.2, 0.25) is 0 Å². The minimum Gasteiger partial charge on any atom is -0.316 e. The van der Waals surface area contributed by atoms with Crippen molar-refractivity contribution in [2.24, 2.45) is 5.41 Å². The van der Waals surface area contributed by atoms with Crippen LogP contribution in [0.3, 0.4) is 0 Å². The second-order valence-corrected chi connectivity index (χ2v) is 6.91. The second-order valence-electron chi connectivity index (χ2n) is 6.06. The highest BCUT2D eigenvalue weighted by atomic mass is 79.9. The van der Waals surface area contributed by atoms with Crippen LogP contribution in [0, 0.1) is 5.41 Å². The highest BCUT2D eigenvalue weighted by Crippen LogP contribution is 2.56. The lowest BCUT2D eigenvalue weighted by atomic mass is 9.52. The van der Waals surface area contributed by atoms with E-state index in [2.05, 4.69) is 66.3 Å². The van der Waals surface area contributed by atoms with Crippen molar-refractivity contribution in [2.45, 2.75) is 39.0 Å². The molecular formula is C15H22BrN. The average Bonchev–Trinajstić information content (AvgIpc) is 2.23. The van der Waals surface area contributed by atoms with Gasteiger partial charge in [-0.3, -0.25) is 0 Å². The minimum atomic E-state index is 0.333. The van der Waals surface area contributed by atoms with Crippen molar-refractivity contribution in [1.82, 2.24) is 5.32 Å². The van der Waals surface area contributed by atoms with Crippen LogP contribution >= 0.6 is 15.9 Å². The molecule has 0 saturated heterocycles. The van der Waals surface area contributed by atoms with E-state index in [0.717, 1.165) is 13.1 Å². The van der Waals surface area contributed by atoms with Gasteiger partial charge in [0.05, 0.1) is 0 Å². The fraction of sp³-hybridized carbons (Fsp3) is 0.600. The van der Waals surface area contributed by atoms with Gasteiger partial charge in [-0.05, 0) is 36.4 Å². The second kappa shape index (κ2) is 4.74. The van der Waals surface area contributed by atoms with Gasteiger partial charge in [-0.25, -0.2) is 0 Å². The molecule has 17 heavy (non-hydrogen) atoms. The summed E-state index contributed by atoms with van der Waals surface area (Å²) in [5, 5.41) is 3.53. The summed E-state index contributed by atoms with van der Waals surface area (Å²) in [6, 6.07) is 8.68. The van der Waals surface area contributed by atoms with E-state index in [9.17, 15) is 0 Å². The fourth-order valence-electron chi connectivity index (χ4n) is 3.45. The molecular weight excluding hydrogens is 274 g/mol. The van der Waals surface area contributed by atoms with Gasteiger partial charge in [-0.1, -0.05) is 54.9 Å². The van der Waals surface area contributed by atoms with Crippen LogP contribution in [0.2, 0.25) is 0 Å². The van der Waals surface area contributed by atoms with E-state index in [1.165, 1.54) is 22.9 Å². The smallest absolute Gasteiger partial charge is 0.0213 e. The largest absolute Gasteiger partial charge is 0.316 e. The molecule has 2 rings (SSSR count). The van der Waals surface area contributed by atoms with Gasteiger partial charge in [-0.15, -0.1) is 0 Å². The SMILES string of the molecule is CCNCC1(c2ccccc2Br)CC(C)(C)C1. The molecule has 0 heterocycles. The van der Waals surface area contributed by atoms with Crippen LogP contribution in [0.15, 0.2) is 28.7 Å². The Hall–Kier alpha value is -0.340. The molecule has 0 bridgehead atoms. The Balaban J connectivity index is 2.26. The lowest BCUT2D eigenvalue weighted by Crippen LogP contribution is -2.52. The molecule has 1 fully saturated rings. The topological polar surface area (TPSA) is 12.0 Å². The minimum absolute atomic E-state index is 0.333. The van der Waals surface area contributed by atoms with Crippen molar-refractivity contribution < 1.29 is 0 Å². The van der Waals surface area contributed by atoms with E-state index in [4.69, 9.17) is 0 Å². The zero-order chi connectivity index (χ0) is 12.5. The first kappa shape index (κ1) is 13.1. The molecule has 1 aliphatic rings. The quantitative estimate of drug-likeness (QED) is 0.881. The molecule has 1 aliphatic carbocycles. The summed E-state index contributed by atoms with van der Waals surface area (Å²) >= 11 is 3.71. The number of hydrogen-bond acceptors (Lipinski definition) is 1. The molecule has 1 aromatic rings.